The number of phenols is 1. The molecule has 0 unspecified atom stereocenters. The highest BCUT2D eigenvalue weighted by molar-refractivity contribution is 6.09. The predicted octanol–water partition coefficient (Wildman–Crippen LogP) is 3.20. The van der Waals surface area contributed by atoms with Gasteiger partial charge >= 0.3 is 5.69 Å². The highest BCUT2D eigenvalue weighted by atomic mass is 16.6. The first-order valence-electron chi connectivity index (χ1n) is 5.83. The van der Waals surface area contributed by atoms with Gasteiger partial charge in [-0.3, -0.25) is 14.9 Å². The third-order valence-corrected chi connectivity index (χ3v) is 2.70. The van der Waals surface area contributed by atoms with Gasteiger partial charge in [-0.1, -0.05) is 42.5 Å². The molecule has 0 amide bonds. The monoisotopic (exact) mass is 269 g/mol. The summed E-state index contributed by atoms with van der Waals surface area (Å²) in [6, 6.07) is 13.0. The van der Waals surface area contributed by atoms with Crippen LogP contribution in [0, 0.1) is 10.1 Å². The van der Waals surface area contributed by atoms with Crippen LogP contribution in [0.3, 0.4) is 0 Å². The van der Waals surface area contributed by atoms with Gasteiger partial charge in [0.25, 0.3) is 0 Å². The van der Waals surface area contributed by atoms with Crippen molar-refractivity contribution in [3.63, 3.8) is 0 Å². The second-order valence-electron chi connectivity index (χ2n) is 4.04. The van der Waals surface area contributed by atoms with E-state index in [-0.39, 0.29) is 5.56 Å². The Hall–Kier alpha value is -2.95. The molecule has 0 aliphatic rings. The third kappa shape index (κ3) is 2.89. The summed E-state index contributed by atoms with van der Waals surface area (Å²) in [6.07, 6.45) is 2.86. The highest BCUT2D eigenvalue weighted by Gasteiger charge is 2.19. The molecule has 100 valence electrons. The lowest BCUT2D eigenvalue weighted by atomic mass is 10.1. The van der Waals surface area contributed by atoms with Crippen LogP contribution >= 0.6 is 0 Å². The number of para-hydroxylation sites is 1. The molecule has 0 spiro atoms. The highest BCUT2D eigenvalue weighted by Crippen LogP contribution is 2.29. The number of carbonyl (C=O) groups is 1. The fourth-order valence-corrected chi connectivity index (χ4v) is 1.70. The Kier molecular flexibility index (Phi) is 3.91. The number of allylic oxidation sites excluding steroid dienone is 1. The number of carbonyl (C=O) groups excluding carboxylic acids is 1. The number of hydrogen-bond donors (Lipinski definition) is 1. The Balaban J connectivity index is 2.28. The predicted molar refractivity (Wildman–Crippen MR) is 74.6 cm³/mol. The molecule has 0 saturated heterocycles. The summed E-state index contributed by atoms with van der Waals surface area (Å²) in [6.45, 7) is 0. The number of benzene rings is 2. The third-order valence-electron chi connectivity index (χ3n) is 2.70. The lowest BCUT2D eigenvalue weighted by molar-refractivity contribution is -0.385. The lowest BCUT2D eigenvalue weighted by Crippen LogP contribution is -1.98. The van der Waals surface area contributed by atoms with Crippen LogP contribution in [0.4, 0.5) is 5.69 Å². The summed E-state index contributed by atoms with van der Waals surface area (Å²) in [5.41, 5.74) is 0.251. The van der Waals surface area contributed by atoms with E-state index in [0.717, 1.165) is 11.6 Å². The number of rotatable bonds is 4. The molecule has 0 aromatic heterocycles. The van der Waals surface area contributed by atoms with Gasteiger partial charge in [0.05, 0.1) is 10.5 Å². The van der Waals surface area contributed by atoms with E-state index in [2.05, 4.69) is 0 Å². The van der Waals surface area contributed by atoms with Crippen LogP contribution in [-0.4, -0.2) is 15.8 Å². The van der Waals surface area contributed by atoms with Crippen LogP contribution in [0.2, 0.25) is 0 Å². The lowest BCUT2D eigenvalue weighted by Gasteiger charge is -2.01. The van der Waals surface area contributed by atoms with Gasteiger partial charge in [-0.15, -0.1) is 0 Å². The van der Waals surface area contributed by atoms with E-state index in [1.165, 1.54) is 18.2 Å². The summed E-state index contributed by atoms with van der Waals surface area (Å²) in [5.74, 6) is -1.10. The van der Waals surface area contributed by atoms with Crippen LogP contribution in [0.1, 0.15) is 15.9 Å². The molecule has 0 aliphatic heterocycles. The van der Waals surface area contributed by atoms with E-state index in [1.54, 1.807) is 6.08 Å². The molecule has 2 aromatic rings. The fraction of sp³-hybridized carbons (Fsp3) is 0. The van der Waals surface area contributed by atoms with Gasteiger partial charge in [-0.05, 0) is 17.7 Å². The van der Waals surface area contributed by atoms with Gasteiger partial charge in [0, 0.05) is 6.07 Å². The minimum absolute atomic E-state index is 0.0913. The average Bonchev–Trinajstić information content (AvgIpc) is 2.46. The minimum atomic E-state index is -0.729. The van der Waals surface area contributed by atoms with E-state index in [9.17, 15) is 20.0 Å². The number of nitro benzene ring substituents is 1. The molecule has 0 aliphatic carbocycles. The first-order valence-corrected chi connectivity index (χ1v) is 5.83. The first-order chi connectivity index (χ1) is 9.59. The molecule has 0 bridgehead atoms. The van der Waals surface area contributed by atoms with Crippen molar-refractivity contribution < 1.29 is 14.8 Å². The Labute approximate surface area is 115 Å². The van der Waals surface area contributed by atoms with Gasteiger partial charge in [0.1, 0.15) is 0 Å². The zero-order valence-electron chi connectivity index (χ0n) is 10.4. The van der Waals surface area contributed by atoms with Gasteiger partial charge < -0.3 is 5.11 Å². The van der Waals surface area contributed by atoms with Crippen LogP contribution in [0.25, 0.3) is 6.08 Å². The summed E-state index contributed by atoms with van der Waals surface area (Å²) in [4.78, 5) is 21.9. The largest absolute Gasteiger partial charge is 0.502 e. The van der Waals surface area contributed by atoms with Crippen molar-refractivity contribution in [3.05, 3.63) is 75.8 Å². The molecule has 0 radical (unpaired) electrons. The Morgan fingerprint density at radius 2 is 1.80 bits per heavy atom. The molecule has 0 saturated carbocycles. The molecule has 5 nitrogen and oxygen atoms in total. The quantitative estimate of drug-likeness (QED) is 0.400. The molecule has 20 heavy (non-hydrogen) atoms. The van der Waals surface area contributed by atoms with E-state index < -0.39 is 22.1 Å². The molecule has 0 heterocycles. The number of nitro groups is 1. The minimum Gasteiger partial charge on any atom is -0.502 e. The molecule has 0 fully saturated rings. The topological polar surface area (TPSA) is 80.4 Å². The van der Waals surface area contributed by atoms with Gasteiger partial charge in [0.2, 0.25) is 5.75 Å². The zero-order valence-corrected chi connectivity index (χ0v) is 10.4. The van der Waals surface area contributed by atoms with Crippen LogP contribution < -0.4 is 0 Å². The molecule has 2 rings (SSSR count). The Morgan fingerprint density at radius 3 is 2.45 bits per heavy atom. The normalized spacial score (nSPS) is 10.6. The summed E-state index contributed by atoms with van der Waals surface area (Å²) >= 11 is 0. The molecule has 1 N–H and O–H groups in total. The van der Waals surface area contributed by atoms with Crippen LogP contribution in [0.5, 0.6) is 5.75 Å². The summed E-state index contributed by atoms with van der Waals surface area (Å²) in [5, 5.41) is 20.4. The van der Waals surface area contributed by atoms with Crippen molar-refractivity contribution in [3.8, 4) is 5.75 Å². The number of phenolic OH excluding ortho intramolecular Hbond substituents is 1. The maximum absolute atomic E-state index is 11.9. The average molecular weight is 269 g/mol. The number of ketones is 1. The van der Waals surface area contributed by atoms with Crippen LogP contribution in [0.15, 0.2) is 54.6 Å². The second-order valence-corrected chi connectivity index (χ2v) is 4.04. The molecule has 5 heteroatoms. The van der Waals surface area contributed by atoms with Crippen molar-refractivity contribution in [1.82, 2.24) is 0 Å². The van der Waals surface area contributed by atoms with Gasteiger partial charge in [-0.2, -0.15) is 0 Å². The van der Waals surface area contributed by atoms with E-state index in [4.69, 9.17) is 0 Å². The zero-order chi connectivity index (χ0) is 14.5. The summed E-state index contributed by atoms with van der Waals surface area (Å²) in [7, 11) is 0. The van der Waals surface area contributed by atoms with Crippen molar-refractivity contribution >= 4 is 17.5 Å². The van der Waals surface area contributed by atoms with Crippen molar-refractivity contribution in [1.29, 1.82) is 0 Å². The number of hydrogen-bond acceptors (Lipinski definition) is 4. The van der Waals surface area contributed by atoms with Crippen LogP contribution in [-0.2, 0) is 0 Å². The Morgan fingerprint density at radius 1 is 1.10 bits per heavy atom. The maximum atomic E-state index is 11.9. The number of aromatic hydroxyl groups is 1. The maximum Gasteiger partial charge on any atom is 0.311 e. The Bertz CT molecular complexity index is 678. The smallest absolute Gasteiger partial charge is 0.311 e. The van der Waals surface area contributed by atoms with Crippen molar-refractivity contribution in [2.45, 2.75) is 0 Å². The fourth-order valence-electron chi connectivity index (χ4n) is 1.70. The van der Waals surface area contributed by atoms with Gasteiger partial charge in [-0.25, -0.2) is 0 Å². The molecule has 2 aromatic carbocycles. The van der Waals surface area contributed by atoms with Crippen molar-refractivity contribution in [2.75, 3.05) is 0 Å². The molecular weight excluding hydrogens is 258 g/mol. The molecule has 0 atom stereocenters. The van der Waals surface area contributed by atoms with Crippen molar-refractivity contribution in [2.24, 2.45) is 0 Å². The van der Waals surface area contributed by atoms with E-state index in [1.807, 2.05) is 30.3 Å². The second kappa shape index (κ2) is 5.79. The number of nitrogens with zero attached hydrogens (tertiary/aromatic N) is 1. The molecular formula is C15H11NO4. The van der Waals surface area contributed by atoms with E-state index >= 15 is 0 Å². The standard InChI is InChI=1S/C15H11NO4/c17-14(10-9-11-5-2-1-3-6-11)12-7-4-8-13(15(12)18)16(19)20/h1-10,18H. The van der Waals surface area contributed by atoms with Gasteiger partial charge in [0.15, 0.2) is 5.78 Å². The summed E-state index contributed by atoms with van der Waals surface area (Å²) < 4.78 is 0. The van der Waals surface area contributed by atoms with E-state index in [0.29, 0.717) is 0 Å². The SMILES string of the molecule is O=C(C=Cc1ccccc1)c1cccc([N+](=O)[O-])c1O. The first kappa shape index (κ1) is 13.5.